The topological polar surface area (TPSA) is 75.2 Å². The number of H-pyrrole nitrogens is 1. The van der Waals surface area contributed by atoms with Crippen LogP contribution in [-0.4, -0.2) is 33.4 Å². The average Bonchev–Trinajstić information content (AvgIpc) is 2.74. The van der Waals surface area contributed by atoms with Crippen LogP contribution in [0.5, 0.6) is 0 Å². The molecule has 4 rings (SSSR count). The van der Waals surface area contributed by atoms with E-state index in [0.29, 0.717) is 42.1 Å². The van der Waals surface area contributed by atoms with Gasteiger partial charge in [0.05, 0.1) is 11.0 Å². The van der Waals surface area contributed by atoms with Gasteiger partial charge in [-0.2, -0.15) is 0 Å². The predicted molar refractivity (Wildman–Crippen MR) is 109 cm³/mol. The fraction of sp³-hybridized carbons (Fsp3) is 0.318. The number of hydrogen-bond acceptors (Lipinski definition) is 3. The van der Waals surface area contributed by atoms with Crippen LogP contribution in [0.4, 0.5) is 0 Å². The maximum atomic E-state index is 13.0. The van der Waals surface area contributed by atoms with Gasteiger partial charge in [-0.05, 0) is 49.4 Å². The van der Waals surface area contributed by atoms with Crippen LogP contribution in [0.25, 0.3) is 11.0 Å². The van der Waals surface area contributed by atoms with Gasteiger partial charge in [0.15, 0.2) is 0 Å². The maximum Gasteiger partial charge on any atom is 0.316 e. The zero-order valence-corrected chi connectivity index (χ0v) is 15.9. The normalized spacial score (nSPS) is 15.1. The van der Waals surface area contributed by atoms with Gasteiger partial charge in [0.2, 0.25) is 0 Å². The van der Waals surface area contributed by atoms with Gasteiger partial charge >= 0.3 is 11.1 Å². The molecule has 144 valence electrons. The first kappa shape index (κ1) is 18.2. The minimum atomic E-state index is -0.664. The Morgan fingerprint density at radius 1 is 1.07 bits per heavy atom. The maximum absolute atomic E-state index is 13.0. The third-order valence-electron chi connectivity index (χ3n) is 5.59. The van der Waals surface area contributed by atoms with Crippen molar-refractivity contribution in [2.24, 2.45) is 0 Å². The third-order valence-corrected chi connectivity index (χ3v) is 5.59. The molecular weight excluding hydrogens is 354 g/mol. The quantitative estimate of drug-likeness (QED) is 0.713. The molecule has 0 radical (unpaired) electrons. The highest BCUT2D eigenvalue weighted by atomic mass is 16.2. The molecule has 1 aliphatic heterocycles. The largest absolute Gasteiger partial charge is 0.339 e. The first-order valence-corrected chi connectivity index (χ1v) is 9.69. The SMILES string of the molecule is CCn1c(=O)c(=O)[nH]c2cc(C(=O)N3CCC(c4ccccc4)CC3)ccc21. The number of benzene rings is 2. The van der Waals surface area contributed by atoms with E-state index in [1.807, 2.05) is 17.9 Å². The second-order valence-corrected chi connectivity index (χ2v) is 7.21. The molecular formula is C22H23N3O3. The second kappa shape index (κ2) is 7.46. The molecule has 0 unspecified atom stereocenters. The molecule has 1 N–H and O–H groups in total. The van der Waals surface area contributed by atoms with Crippen molar-refractivity contribution in [3.63, 3.8) is 0 Å². The number of likely N-dealkylation sites (tertiary alicyclic amines) is 1. The summed E-state index contributed by atoms with van der Waals surface area (Å²) in [4.78, 5) is 41.3. The summed E-state index contributed by atoms with van der Waals surface area (Å²) in [6.45, 7) is 3.64. The standard InChI is InChI=1S/C22H23N3O3/c1-2-25-19-9-8-17(14-18(19)23-20(26)22(25)28)21(27)24-12-10-16(11-13-24)15-6-4-3-5-7-15/h3-9,14,16H,2,10-13H2,1H3,(H,23,26). The Morgan fingerprint density at radius 3 is 2.46 bits per heavy atom. The van der Waals surface area contributed by atoms with Crippen molar-refractivity contribution < 1.29 is 4.79 Å². The van der Waals surface area contributed by atoms with Gasteiger partial charge in [-0.15, -0.1) is 0 Å². The van der Waals surface area contributed by atoms with Gasteiger partial charge in [-0.1, -0.05) is 30.3 Å². The molecule has 6 heteroatoms. The number of hydrogen-bond donors (Lipinski definition) is 1. The Labute approximate surface area is 162 Å². The first-order valence-electron chi connectivity index (χ1n) is 9.69. The van der Waals surface area contributed by atoms with E-state index in [2.05, 4.69) is 29.2 Å². The molecule has 0 atom stereocenters. The van der Waals surface area contributed by atoms with Crippen LogP contribution >= 0.6 is 0 Å². The molecule has 3 aromatic rings. The zero-order valence-electron chi connectivity index (χ0n) is 15.9. The summed E-state index contributed by atoms with van der Waals surface area (Å²) in [5.41, 5.74) is 1.76. The highest BCUT2D eigenvalue weighted by molar-refractivity contribution is 5.97. The molecule has 1 aliphatic rings. The summed E-state index contributed by atoms with van der Waals surface area (Å²) in [5.74, 6) is 0.445. The number of aryl methyl sites for hydroxylation is 1. The van der Waals surface area contributed by atoms with Crippen molar-refractivity contribution in [3.8, 4) is 0 Å². The third kappa shape index (κ3) is 3.26. The number of fused-ring (bicyclic) bond motifs is 1. The second-order valence-electron chi connectivity index (χ2n) is 7.21. The number of nitrogens with zero attached hydrogens (tertiary/aromatic N) is 2. The Morgan fingerprint density at radius 2 is 1.79 bits per heavy atom. The number of carbonyl (C=O) groups is 1. The Balaban J connectivity index is 1.56. The molecule has 1 aromatic heterocycles. The lowest BCUT2D eigenvalue weighted by molar-refractivity contribution is 0.0713. The van der Waals surface area contributed by atoms with Crippen LogP contribution in [-0.2, 0) is 6.54 Å². The van der Waals surface area contributed by atoms with Crippen molar-refractivity contribution in [2.45, 2.75) is 32.2 Å². The van der Waals surface area contributed by atoms with E-state index in [1.54, 1.807) is 18.2 Å². The minimum Gasteiger partial charge on any atom is -0.339 e. The van der Waals surface area contributed by atoms with E-state index in [4.69, 9.17) is 0 Å². The molecule has 0 spiro atoms. The average molecular weight is 377 g/mol. The van der Waals surface area contributed by atoms with Crippen molar-refractivity contribution in [2.75, 3.05) is 13.1 Å². The van der Waals surface area contributed by atoms with E-state index in [-0.39, 0.29) is 5.91 Å². The fourth-order valence-corrected chi connectivity index (χ4v) is 4.05. The van der Waals surface area contributed by atoms with Crippen molar-refractivity contribution in [1.29, 1.82) is 0 Å². The number of aromatic nitrogens is 2. The summed E-state index contributed by atoms with van der Waals surface area (Å²) in [6, 6.07) is 15.6. The van der Waals surface area contributed by atoms with Crippen LogP contribution in [0.1, 0.15) is 41.6 Å². The van der Waals surface area contributed by atoms with Crippen LogP contribution in [0.15, 0.2) is 58.1 Å². The monoisotopic (exact) mass is 377 g/mol. The van der Waals surface area contributed by atoms with Gasteiger partial charge in [-0.3, -0.25) is 14.4 Å². The lowest BCUT2D eigenvalue weighted by atomic mass is 9.89. The molecule has 1 saturated heterocycles. The molecule has 2 heterocycles. The number of nitrogens with one attached hydrogen (secondary N) is 1. The number of aromatic amines is 1. The molecule has 0 saturated carbocycles. The van der Waals surface area contributed by atoms with E-state index in [0.717, 1.165) is 12.8 Å². The lowest BCUT2D eigenvalue weighted by Crippen LogP contribution is -2.38. The summed E-state index contributed by atoms with van der Waals surface area (Å²) in [5, 5.41) is 0. The summed E-state index contributed by atoms with van der Waals surface area (Å²) >= 11 is 0. The van der Waals surface area contributed by atoms with Crippen molar-refractivity contribution in [3.05, 3.63) is 80.4 Å². The Kier molecular flexibility index (Phi) is 4.86. The van der Waals surface area contributed by atoms with Gasteiger partial charge in [-0.25, -0.2) is 0 Å². The van der Waals surface area contributed by atoms with Crippen molar-refractivity contribution in [1.82, 2.24) is 14.5 Å². The van der Waals surface area contributed by atoms with Crippen molar-refractivity contribution >= 4 is 16.9 Å². The number of rotatable bonds is 3. The lowest BCUT2D eigenvalue weighted by Gasteiger charge is -2.32. The molecule has 1 amide bonds. The van der Waals surface area contributed by atoms with E-state index >= 15 is 0 Å². The Bertz CT molecular complexity index is 1120. The number of piperidine rings is 1. The van der Waals surface area contributed by atoms with E-state index < -0.39 is 11.1 Å². The van der Waals surface area contributed by atoms with Crippen LogP contribution < -0.4 is 11.1 Å². The molecule has 1 fully saturated rings. The molecule has 28 heavy (non-hydrogen) atoms. The Hall–Kier alpha value is -3.15. The van der Waals surface area contributed by atoms with Crippen LogP contribution in [0.2, 0.25) is 0 Å². The van der Waals surface area contributed by atoms with E-state index in [9.17, 15) is 14.4 Å². The summed E-state index contributed by atoms with van der Waals surface area (Å²) in [7, 11) is 0. The van der Waals surface area contributed by atoms with Gasteiger partial charge in [0.1, 0.15) is 0 Å². The highest BCUT2D eigenvalue weighted by Gasteiger charge is 2.24. The van der Waals surface area contributed by atoms with Gasteiger partial charge in [0.25, 0.3) is 5.91 Å². The smallest absolute Gasteiger partial charge is 0.316 e. The molecule has 2 aromatic carbocycles. The number of amides is 1. The fourth-order valence-electron chi connectivity index (χ4n) is 4.05. The summed E-state index contributed by atoms with van der Waals surface area (Å²) < 4.78 is 1.42. The predicted octanol–water partition coefficient (Wildman–Crippen LogP) is 2.73. The van der Waals surface area contributed by atoms with Crippen LogP contribution in [0.3, 0.4) is 0 Å². The molecule has 0 bridgehead atoms. The molecule has 0 aliphatic carbocycles. The minimum absolute atomic E-state index is 0.0384. The zero-order chi connectivity index (χ0) is 19.7. The highest BCUT2D eigenvalue weighted by Crippen LogP contribution is 2.28. The van der Waals surface area contributed by atoms with Crippen LogP contribution in [0, 0.1) is 0 Å². The number of carbonyl (C=O) groups excluding carboxylic acids is 1. The first-order chi connectivity index (χ1) is 13.6. The van der Waals surface area contributed by atoms with Gasteiger partial charge in [0, 0.05) is 25.2 Å². The summed E-state index contributed by atoms with van der Waals surface area (Å²) in [6.07, 6.45) is 1.88. The van der Waals surface area contributed by atoms with E-state index in [1.165, 1.54) is 10.1 Å². The molecule has 6 nitrogen and oxygen atoms in total. The van der Waals surface area contributed by atoms with Gasteiger partial charge < -0.3 is 14.5 Å².